The Bertz CT molecular complexity index is 743. The van der Waals surface area contributed by atoms with Gasteiger partial charge in [0.25, 0.3) is 0 Å². The van der Waals surface area contributed by atoms with Crippen LogP contribution in [0.2, 0.25) is 0 Å². The van der Waals surface area contributed by atoms with E-state index in [4.69, 9.17) is 4.74 Å². The summed E-state index contributed by atoms with van der Waals surface area (Å²) in [6, 6.07) is 7.90. The molecule has 0 saturated heterocycles. The van der Waals surface area contributed by atoms with E-state index >= 15 is 0 Å². The van der Waals surface area contributed by atoms with Crippen LogP contribution >= 0.6 is 11.3 Å². The number of methoxy groups -OCH3 is 1. The molecule has 4 nitrogen and oxygen atoms in total. The molecule has 1 heterocycles. The molecule has 0 spiro atoms. The van der Waals surface area contributed by atoms with Crippen molar-refractivity contribution >= 4 is 22.4 Å². The highest BCUT2D eigenvalue weighted by atomic mass is 32.1. The normalized spacial score (nSPS) is 16.2. The van der Waals surface area contributed by atoms with Gasteiger partial charge in [-0.3, -0.25) is 4.79 Å². The highest BCUT2D eigenvalue weighted by Gasteiger charge is 2.43. The number of carbonyl (C=O) groups excluding carboxylic acids is 1. The van der Waals surface area contributed by atoms with Gasteiger partial charge in [-0.1, -0.05) is 37.1 Å². The summed E-state index contributed by atoms with van der Waals surface area (Å²) in [7, 11) is 1.65. The minimum Gasteiger partial charge on any atom is -0.497 e. The van der Waals surface area contributed by atoms with E-state index in [2.05, 4.69) is 16.4 Å². The first-order valence-electron chi connectivity index (χ1n) is 8.70. The Hall–Kier alpha value is -2.14. The van der Waals surface area contributed by atoms with Gasteiger partial charge in [-0.25, -0.2) is 4.98 Å². The summed E-state index contributed by atoms with van der Waals surface area (Å²) in [5.41, 5.74) is 0.607. The molecule has 1 saturated carbocycles. The van der Waals surface area contributed by atoms with Crippen molar-refractivity contribution in [3.63, 3.8) is 0 Å². The third-order valence-corrected chi connectivity index (χ3v) is 5.80. The first-order valence-corrected chi connectivity index (χ1v) is 9.51. The molecule has 132 valence electrons. The van der Waals surface area contributed by atoms with E-state index in [1.807, 2.05) is 43.5 Å². The molecule has 1 fully saturated rings. The lowest BCUT2D eigenvalue weighted by molar-refractivity contribution is -0.121. The standard InChI is InChI=1S/C20H24N2O2S/c1-3-4-7-17-14-21-19(25-17)22-18(23)20(12-5-6-13-20)15-8-10-16(24-2)11-9-15/h3-4,8-11,14H,5-7,12-13H2,1-2H3,(H,21,22,23)/b4-3+. The van der Waals surface area contributed by atoms with Gasteiger partial charge in [0.2, 0.25) is 5.91 Å². The van der Waals surface area contributed by atoms with Crippen LogP contribution in [0.15, 0.2) is 42.6 Å². The number of ether oxygens (including phenoxy) is 1. The van der Waals surface area contributed by atoms with Crippen molar-refractivity contribution in [3.8, 4) is 5.75 Å². The summed E-state index contributed by atoms with van der Waals surface area (Å²) in [4.78, 5) is 18.6. The third kappa shape index (κ3) is 3.76. The average Bonchev–Trinajstić information content (AvgIpc) is 3.30. The lowest BCUT2D eigenvalue weighted by Gasteiger charge is -2.28. The number of carbonyl (C=O) groups is 1. The molecule has 0 aliphatic heterocycles. The maximum atomic E-state index is 13.1. The Labute approximate surface area is 152 Å². The van der Waals surface area contributed by atoms with Crippen molar-refractivity contribution in [2.24, 2.45) is 0 Å². The zero-order valence-corrected chi connectivity index (χ0v) is 15.6. The fourth-order valence-corrected chi connectivity index (χ4v) is 4.23. The Morgan fingerprint density at radius 3 is 2.68 bits per heavy atom. The molecular formula is C20H24N2O2S. The molecule has 1 amide bonds. The Kier molecular flexibility index (Phi) is 5.53. The van der Waals surface area contributed by atoms with Gasteiger partial charge < -0.3 is 10.1 Å². The number of allylic oxidation sites excluding steroid dienone is 2. The lowest BCUT2D eigenvalue weighted by Crippen LogP contribution is -2.37. The number of nitrogens with zero attached hydrogens (tertiary/aromatic N) is 1. The molecule has 3 rings (SSSR count). The Balaban J connectivity index is 1.79. The fraction of sp³-hybridized carbons (Fsp3) is 0.400. The largest absolute Gasteiger partial charge is 0.497 e. The summed E-state index contributed by atoms with van der Waals surface area (Å²) in [5, 5.41) is 3.75. The second kappa shape index (κ2) is 7.83. The predicted octanol–water partition coefficient (Wildman–Crippen LogP) is 4.72. The summed E-state index contributed by atoms with van der Waals surface area (Å²) in [6.07, 6.45) is 10.7. The molecule has 25 heavy (non-hydrogen) atoms. The zero-order chi connectivity index (χ0) is 17.7. The van der Waals surface area contributed by atoms with E-state index in [-0.39, 0.29) is 5.91 Å². The van der Waals surface area contributed by atoms with Crippen molar-refractivity contribution in [1.82, 2.24) is 4.98 Å². The molecule has 0 atom stereocenters. The van der Waals surface area contributed by atoms with Crippen molar-refractivity contribution in [3.05, 3.63) is 53.1 Å². The smallest absolute Gasteiger partial charge is 0.236 e. The molecule has 5 heteroatoms. The van der Waals surface area contributed by atoms with Crippen LogP contribution in [0.3, 0.4) is 0 Å². The number of amides is 1. The molecule has 2 aromatic rings. The van der Waals surface area contributed by atoms with Crippen LogP contribution < -0.4 is 10.1 Å². The average molecular weight is 356 g/mol. The number of thiazole rings is 1. The van der Waals surface area contributed by atoms with E-state index in [0.717, 1.165) is 48.3 Å². The van der Waals surface area contributed by atoms with Crippen LogP contribution in [0, 0.1) is 0 Å². The van der Waals surface area contributed by atoms with Crippen LogP contribution in [0.5, 0.6) is 5.75 Å². The summed E-state index contributed by atoms with van der Waals surface area (Å²) in [5.74, 6) is 0.868. The summed E-state index contributed by atoms with van der Waals surface area (Å²) < 4.78 is 5.24. The van der Waals surface area contributed by atoms with Gasteiger partial charge in [-0.05, 0) is 37.5 Å². The molecule has 0 unspecified atom stereocenters. The predicted molar refractivity (Wildman–Crippen MR) is 102 cm³/mol. The lowest BCUT2D eigenvalue weighted by atomic mass is 9.78. The first kappa shape index (κ1) is 17.7. The second-order valence-corrected chi connectivity index (χ2v) is 7.49. The topological polar surface area (TPSA) is 51.2 Å². The number of anilines is 1. The molecule has 1 N–H and O–H groups in total. The van der Waals surface area contributed by atoms with E-state index in [9.17, 15) is 4.79 Å². The maximum absolute atomic E-state index is 13.1. The van der Waals surface area contributed by atoms with E-state index in [1.165, 1.54) is 0 Å². The number of rotatable bonds is 6. The molecule has 0 bridgehead atoms. The molecular weight excluding hydrogens is 332 g/mol. The second-order valence-electron chi connectivity index (χ2n) is 6.38. The number of benzene rings is 1. The monoisotopic (exact) mass is 356 g/mol. The minimum atomic E-state index is -0.457. The van der Waals surface area contributed by atoms with Crippen molar-refractivity contribution in [2.75, 3.05) is 12.4 Å². The first-order chi connectivity index (χ1) is 12.2. The third-order valence-electron chi connectivity index (χ3n) is 4.86. The van der Waals surface area contributed by atoms with E-state index in [1.54, 1.807) is 18.4 Å². The molecule has 1 aromatic carbocycles. The van der Waals surface area contributed by atoms with Crippen LogP contribution in [0.1, 0.15) is 43.0 Å². The number of hydrogen-bond acceptors (Lipinski definition) is 4. The number of nitrogens with one attached hydrogen (secondary N) is 1. The van der Waals surface area contributed by atoms with Crippen molar-refractivity contribution in [1.29, 1.82) is 0 Å². The van der Waals surface area contributed by atoms with E-state index < -0.39 is 5.41 Å². The van der Waals surface area contributed by atoms with Crippen LogP contribution in [-0.2, 0) is 16.6 Å². The number of aromatic nitrogens is 1. The SMILES string of the molecule is C/C=C/Cc1cnc(NC(=O)C2(c3ccc(OC)cc3)CCCC2)s1. The highest BCUT2D eigenvalue weighted by molar-refractivity contribution is 7.15. The van der Waals surface area contributed by atoms with Gasteiger partial charge in [0.05, 0.1) is 12.5 Å². The van der Waals surface area contributed by atoms with Crippen molar-refractivity contribution < 1.29 is 9.53 Å². The fourth-order valence-electron chi connectivity index (χ4n) is 3.45. The maximum Gasteiger partial charge on any atom is 0.236 e. The van der Waals surface area contributed by atoms with Gasteiger partial charge in [-0.15, -0.1) is 11.3 Å². The molecule has 1 aromatic heterocycles. The van der Waals surface area contributed by atoms with Crippen molar-refractivity contribution in [2.45, 2.75) is 44.4 Å². The zero-order valence-electron chi connectivity index (χ0n) is 14.7. The van der Waals surface area contributed by atoms with Crippen LogP contribution in [-0.4, -0.2) is 18.0 Å². The highest BCUT2D eigenvalue weighted by Crippen LogP contribution is 2.42. The van der Waals surface area contributed by atoms with Gasteiger partial charge in [-0.2, -0.15) is 0 Å². The van der Waals surface area contributed by atoms with Gasteiger partial charge in [0, 0.05) is 17.5 Å². The van der Waals surface area contributed by atoms with Gasteiger partial charge in [0.1, 0.15) is 5.75 Å². The quantitative estimate of drug-likeness (QED) is 0.762. The summed E-state index contributed by atoms with van der Waals surface area (Å²) >= 11 is 1.55. The molecule has 1 aliphatic rings. The van der Waals surface area contributed by atoms with Crippen LogP contribution in [0.25, 0.3) is 0 Å². The Morgan fingerprint density at radius 2 is 2.04 bits per heavy atom. The summed E-state index contributed by atoms with van der Waals surface area (Å²) in [6.45, 7) is 2.00. The van der Waals surface area contributed by atoms with Gasteiger partial charge in [0.15, 0.2) is 5.13 Å². The number of hydrogen-bond donors (Lipinski definition) is 1. The Morgan fingerprint density at radius 1 is 1.32 bits per heavy atom. The van der Waals surface area contributed by atoms with Gasteiger partial charge >= 0.3 is 0 Å². The minimum absolute atomic E-state index is 0.0575. The molecule has 1 aliphatic carbocycles. The van der Waals surface area contributed by atoms with E-state index in [0.29, 0.717) is 5.13 Å². The van der Waals surface area contributed by atoms with Crippen LogP contribution in [0.4, 0.5) is 5.13 Å². The molecule has 0 radical (unpaired) electrons.